The maximum absolute atomic E-state index is 11.1. The molecule has 0 amide bonds. The number of benzene rings is 1. The normalized spacial score (nSPS) is 23.1. The molecule has 2 aromatic rings. The summed E-state index contributed by atoms with van der Waals surface area (Å²) in [5, 5.41) is 13.6. The fourth-order valence-corrected chi connectivity index (χ4v) is 4.01. The molecule has 1 aliphatic heterocycles. The van der Waals surface area contributed by atoms with Crippen molar-refractivity contribution >= 4 is 28.6 Å². The van der Waals surface area contributed by atoms with Crippen molar-refractivity contribution in [1.29, 1.82) is 0 Å². The Bertz CT molecular complexity index is 650. The van der Waals surface area contributed by atoms with Gasteiger partial charge in [-0.15, -0.1) is 11.8 Å². The fourth-order valence-electron chi connectivity index (χ4n) is 2.66. The molecule has 0 spiro atoms. The van der Waals surface area contributed by atoms with Crippen LogP contribution in [0.2, 0.25) is 0 Å². The molecule has 4 nitrogen and oxygen atoms in total. The predicted molar refractivity (Wildman–Crippen MR) is 77.4 cm³/mol. The molecule has 1 aromatic heterocycles. The zero-order valence-corrected chi connectivity index (χ0v) is 11.7. The maximum Gasteiger partial charge on any atom is 0.321 e. The van der Waals surface area contributed by atoms with E-state index in [1.807, 2.05) is 12.1 Å². The number of carbonyl (C=O) groups is 1. The highest BCUT2D eigenvalue weighted by atomic mass is 32.2. The van der Waals surface area contributed by atoms with Crippen molar-refractivity contribution in [3.8, 4) is 0 Å². The van der Waals surface area contributed by atoms with Gasteiger partial charge in [-0.2, -0.15) is 0 Å². The lowest BCUT2D eigenvalue weighted by Crippen LogP contribution is -2.33. The summed E-state index contributed by atoms with van der Waals surface area (Å²) in [7, 11) is 2.05. The Labute approximate surface area is 115 Å². The first-order valence-electron chi connectivity index (χ1n) is 6.24. The van der Waals surface area contributed by atoms with Gasteiger partial charge in [0.15, 0.2) is 0 Å². The zero-order chi connectivity index (χ0) is 13.6. The second-order valence-electron chi connectivity index (χ2n) is 4.85. The Balaban J connectivity index is 2.06. The molecule has 3 rings (SSSR count). The first-order valence-corrected chi connectivity index (χ1v) is 7.29. The number of nitrogens with zero attached hydrogens (tertiary/aromatic N) is 1. The Hall–Kier alpha value is -1.46. The van der Waals surface area contributed by atoms with E-state index in [4.69, 9.17) is 5.11 Å². The van der Waals surface area contributed by atoms with Crippen LogP contribution < -0.4 is 5.32 Å². The monoisotopic (exact) mass is 276 g/mol. The molecule has 0 aliphatic carbocycles. The average Bonchev–Trinajstić information content (AvgIpc) is 2.96. The number of para-hydroxylation sites is 1. The third-order valence-corrected chi connectivity index (χ3v) is 5.02. The molecule has 1 fully saturated rings. The second kappa shape index (κ2) is 4.58. The summed E-state index contributed by atoms with van der Waals surface area (Å²) in [6.07, 6.45) is 0. The van der Waals surface area contributed by atoms with Crippen LogP contribution in [0.3, 0.4) is 0 Å². The van der Waals surface area contributed by atoms with E-state index in [9.17, 15) is 4.79 Å². The molecule has 1 aliphatic rings. The summed E-state index contributed by atoms with van der Waals surface area (Å²) in [6, 6.07) is 7.81. The van der Waals surface area contributed by atoms with Gasteiger partial charge in [0.25, 0.3) is 0 Å². The van der Waals surface area contributed by atoms with Gasteiger partial charge in [0.2, 0.25) is 0 Å². The van der Waals surface area contributed by atoms with E-state index in [1.54, 1.807) is 11.8 Å². The number of carboxylic acids is 1. The van der Waals surface area contributed by atoms with Crippen molar-refractivity contribution in [2.45, 2.75) is 18.3 Å². The average molecular weight is 276 g/mol. The molecule has 2 N–H and O–H groups in total. The zero-order valence-electron chi connectivity index (χ0n) is 10.9. The van der Waals surface area contributed by atoms with Crippen LogP contribution in [0.4, 0.5) is 0 Å². The number of aliphatic carboxylic acids is 1. The first kappa shape index (κ1) is 12.6. The summed E-state index contributed by atoms with van der Waals surface area (Å²) in [5.74, 6) is -0.157. The maximum atomic E-state index is 11.1. The predicted octanol–water partition coefficient (Wildman–Crippen LogP) is 2.27. The summed E-state index contributed by atoms with van der Waals surface area (Å²) in [5.41, 5.74) is 3.60. The van der Waals surface area contributed by atoms with E-state index in [2.05, 4.69) is 36.0 Å². The minimum absolute atomic E-state index is 0.0622. The van der Waals surface area contributed by atoms with Gasteiger partial charge in [-0.3, -0.25) is 10.1 Å². The molecule has 2 atom stereocenters. The van der Waals surface area contributed by atoms with Gasteiger partial charge < -0.3 is 9.67 Å². The van der Waals surface area contributed by atoms with Crippen LogP contribution in [0.25, 0.3) is 10.9 Å². The Morgan fingerprint density at radius 1 is 1.47 bits per heavy atom. The van der Waals surface area contributed by atoms with Crippen LogP contribution in [0, 0.1) is 6.92 Å². The van der Waals surface area contributed by atoms with E-state index in [-0.39, 0.29) is 5.37 Å². The Kier molecular flexibility index (Phi) is 3.03. The van der Waals surface area contributed by atoms with Gasteiger partial charge in [0.05, 0.1) is 5.37 Å². The lowest BCUT2D eigenvalue weighted by molar-refractivity contribution is -0.138. The number of hydrogen-bond acceptors (Lipinski definition) is 3. The molecule has 2 heterocycles. The Morgan fingerprint density at radius 2 is 2.21 bits per heavy atom. The lowest BCUT2D eigenvalue weighted by Gasteiger charge is -2.12. The second-order valence-corrected chi connectivity index (χ2v) is 5.98. The summed E-state index contributed by atoms with van der Waals surface area (Å²) in [4.78, 5) is 11.1. The van der Waals surface area contributed by atoms with Gasteiger partial charge >= 0.3 is 5.97 Å². The van der Waals surface area contributed by atoms with E-state index in [1.165, 1.54) is 22.2 Å². The molecule has 0 bridgehead atoms. The number of nitrogens with one attached hydrogen (secondary N) is 1. The van der Waals surface area contributed by atoms with E-state index in [0.717, 1.165) is 0 Å². The van der Waals surface area contributed by atoms with Crippen molar-refractivity contribution in [3.63, 3.8) is 0 Å². The van der Waals surface area contributed by atoms with Crippen molar-refractivity contribution in [2.24, 2.45) is 7.05 Å². The standard InChI is InChI=1S/C14H16N2O2S/c1-8-12(13-15-10(7-19-13)14(17)18)9-5-3-4-6-11(9)16(8)2/h3-6,10,13,15H,7H2,1-2H3,(H,17,18)/t10-,13+/m0/s1. The van der Waals surface area contributed by atoms with Crippen LogP contribution >= 0.6 is 11.8 Å². The minimum Gasteiger partial charge on any atom is -0.480 e. The fraction of sp³-hybridized carbons (Fsp3) is 0.357. The molecule has 19 heavy (non-hydrogen) atoms. The van der Waals surface area contributed by atoms with Crippen LogP contribution in [0.1, 0.15) is 16.6 Å². The number of aryl methyl sites for hydroxylation is 1. The van der Waals surface area contributed by atoms with Crippen molar-refractivity contribution in [2.75, 3.05) is 5.75 Å². The highest BCUT2D eigenvalue weighted by Crippen LogP contribution is 2.39. The minimum atomic E-state index is -0.770. The Morgan fingerprint density at radius 3 is 2.89 bits per heavy atom. The summed E-state index contributed by atoms with van der Waals surface area (Å²) < 4.78 is 2.17. The number of fused-ring (bicyclic) bond motifs is 1. The number of thioether (sulfide) groups is 1. The molecule has 1 aromatic carbocycles. The highest BCUT2D eigenvalue weighted by Gasteiger charge is 2.32. The smallest absolute Gasteiger partial charge is 0.321 e. The van der Waals surface area contributed by atoms with Gasteiger partial charge in [-0.25, -0.2) is 0 Å². The van der Waals surface area contributed by atoms with Crippen LogP contribution in [-0.4, -0.2) is 27.4 Å². The van der Waals surface area contributed by atoms with E-state index < -0.39 is 12.0 Å². The lowest BCUT2D eigenvalue weighted by atomic mass is 10.1. The van der Waals surface area contributed by atoms with Crippen LogP contribution in [-0.2, 0) is 11.8 Å². The largest absolute Gasteiger partial charge is 0.480 e. The molecule has 5 heteroatoms. The number of hydrogen-bond donors (Lipinski definition) is 2. The molecular formula is C14H16N2O2S. The SMILES string of the molecule is Cc1c([C@@H]2N[C@H](C(=O)O)CS2)c2ccccc2n1C. The third kappa shape index (κ3) is 1.93. The molecule has 0 radical (unpaired) electrons. The van der Waals surface area contributed by atoms with Crippen molar-refractivity contribution in [3.05, 3.63) is 35.5 Å². The number of carboxylic acid groups (broad SMARTS) is 1. The molecule has 0 saturated carbocycles. The van der Waals surface area contributed by atoms with Gasteiger partial charge in [0, 0.05) is 35.0 Å². The van der Waals surface area contributed by atoms with Gasteiger partial charge in [-0.05, 0) is 13.0 Å². The van der Waals surface area contributed by atoms with Crippen molar-refractivity contribution < 1.29 is 9.90 Å². The van der Waals surface area contributed by atoms with E-state index >= 15 is 0 Å². The molecular weight excluding hydrogens is 260 g/mol. The molecule has 0 unspecified atom stereocenters. The van der Waals surface area contributed by atoms with Crippen molar-refractivity contribution in [1.82, 2.24) is 9.88 Å². The molecule has 1 saturated heterocycles. The van der Waals surface area contributed by atoms with Gasteiger partial charge in [-0.1, -0.05) is 18.2 Å². The molecule has 100 valence electrons. The van der Waals surface area contributed by atoms with Crippen LogP contribution in [0.15, 0.2) is 24.3 Å². The first-order chi connectivity index (χ1) is 9.09. The number of aromatic nitrogens is 1. The van der Waals surface area contributed by atoms with E-state index in [0.29, 0.717) is 5.75 Å². The third-order valence-electron chi connectivity index (χ3n) is 3.79. The summed E-state index contributed by atoms with van der Waals surface area (Å²) >= 11 is 1.67. The quantitative estimate of drug-likeness (QED) is 0.883. The summed E-state index contributed by atoms with van der Waals surface area (Å²) in [6.45, 7) is 2.09. The highest BCUT2D eigenvalue weighted by molar-refractivity contribution is 7.99. The number of rotatable bonds is 2. The van der Waals surface area contributed by atoms with Gasteiger partial charge in [0.1, 0.15) is 6.04 Å². The topological polar surface area (TPSA) is 54.3 Å². The van der Waals surface area contributed by atoms with Crippen LogP contribution in [0.5, 0.6) is 0 Å².